The number of imidazole rings is 1. The molecular weight excluding hydrogens is 360 g/mol. The lowest BCUT2D eigenvalue weighted by molar-refractivity contribution is 0.0648. The third-order valence-electron chi connectivity index (χ3n) is 4.83. The number of aromatic nitrogens is 4. The van der Waals surface area contributed by atoms with E-state index in [0.717, 1.165) is 36.4 Å². The number of fused-ring (bicyclic) bond motifs is 1. The van der Waals surface area contributed by atoms with Crippen LogP contribution in [0.2, 0.25) is 0 Å². The molecule has 0 unspecified atom stereocenters. The number of hydrogen-bond donors (Lipinski definition) is 1. The summed E-state index contributed by atoms with van der Waals surface area (Å²) in [5, 5.41) is 6.75. The van der Waals surface area contributed by atoms with Crippen LogP contribution < -0.4 is 10.1 Å². The highest BCUT2D eigenvalue weighted by Crippen LogP contribution is 2.21. The number of amides is 2. The fourth-order valence-corrected chi connectivity index (χ4v) is 3.13. The van der Waals surface area contributed by atoms with Gasteiger partial charge in [0.05, 0.1) is 11.9 Å². The number of hydrogen-bond acceptors (Lipinski definition) is 5. The first-order chi connectivity index (χ1) is 13.5. The lowest BCUT2D eigenvalue weighted by Gasteiger charge is -2.30. The molecule has 1 fully saturated rings. The molecule has 0 atom stereocenters. The number of carbonyl (C=O) groups is 2. The second kappa shape index (κ2) is 7.34. The molecule has 3 aromatic heterocycles. The van der Waals surface area contributed by atoms with E-state index in [2.05, 4.69) is 15.4 Å². The van der Waals surface area contributed by atoms with Gasteiger partial charge in [0.2, 0.25) is 5.88 Å². The Balaban J connectivity index is 1.35. The van der Waals surface area contributed by atoms with Crippen LogP contribution in [0.4, 0.5) is 4.79 Å². The SMILES string of the molecule is Cc1cccn2cc(CCNC(=O)Oc3c(C(=O)N4CCC4)cnn3C)nc12. The van der Waals surface area contributed by atoms with Gasteiger partial charge in [0.1, 0.15) is 11.2 Å². The van der Waals surface area contributed by atoms with Gasteiger partial charge >= 0.3 is 6.09 Å². The van der Waals surface area contributed by atoms with Crippen molar-refractivity contribution >= 4 is 17.6 Å². The van der Waals surface area contributed by atoms with Crippen molar-refractivity contribution in [3.8, 4) is 5.88 Å². The van der Waals surface area contributed by atoms with Crippen LogP contribution >= 0.6 is 0 Å². The van der Waals surface area contributed by atoms with E-state index in [-0.39, 0.29) is 11.8 Å². The Kier molecular flexibility index (Phi) is 4.72. The molecule has 4 rings (SSSR count). The van der Waals surface area contributed by atoms with Crippen LogP contribution in [-0.4, -0.2) is 55.7 Å². The molecule has 0 bridgehead atoms. The molecule has 0 spiro atoms. The Morgan fingerprint density at radius 3 is 2.86 bits per heavy atom. The lowest BCUT2D eigenvalue weighted by atomic mass is 10.2. The van der Waals surface area contributed by atoms with Crippen molar-refractivity contribution in [1.82, 2.24) is 29.4 Å². The van der Waals surface area contributed by atoms with Gasteiger partial charge in [-0.25, -0.2) is 14.5 Å². The maximum absolute atomic E-state index is 12.4. The van der Waals surface area contributed by atoms with E-state index < -0.39 is 6.09 Å². The van der Waals surface area contributed by atoms with Gasteiger partial charge in [-0.05, 0) is 25.0 Å². The summed E-state index contributed by atoms with van der Waals surface area (Å²) >= 11 is 0. The molecule has 0 radical (unpaired) electrons. The minimum Gasteiger partial charge on any atom is -0.391 e. The van der Waals surface area contributed by atoms with Crippen LogP contribution in [0, 0.1) is 6.92 Å². The van der Waals surface area contributed by atoms with Crippen LogP contribution in [-0.2, 0) is 13.5 Å². The van der Waals surface area contributed by atoms with Gasteiger partial charge in [0.15, 0.2) is 0 Å². The molecule has 1 aliphatic heterocycles. The van der Waals surface area contributed by atoms with Crippen molar-refractivity contribution in [3.63, 3.8) is 0 Å². The molecule has 0 aliphatic carbocycles. The van der Waals surface area contributed by atoms with Crippen LogP contribution in [0.1, 0.15) is 28.0 Å². The summed E-state index contributed by atoms with van der Waals surface area (Å²) in [5.41, 5.74) is 3.18. The molecule has 146 valence electrons. The molecule has 1 aliphatic rings. The van der Waals surface area contributed by atoms with Gasteiger partial charge in [-0.2, -0.15) is 5.10 Å². The van der Waals surface area contributed by atoms with E-state index in [1.807, 2.05) is 35.9 Å². The second-order valence-electron chi connectivity index (χ2n) is 6.85. The van der Waals surface area contributed by atoms with Crippen LogP contribution in [0.25, 0.3) is 5.65 Å². The first-order valence-corrected chi connectivity index (χ1v) is 9.23. The van der Waals surface area contributed by atoms with E-state index in [4.69, 9.17) is 4.74 Å². The molecule has 28 heavy (non-hydrogen) atoms. The van der Waals surface area contributed by atoms with Crippen molar-refractivity contribution in [1.29, 1.82) is 0 Å². The fourth-order valence-electron chi connectivity index (χ4n) is 3.13. The number of aryl methyl sites for hydroxylation is 2. The topological polar surface area (TPSA) is 93.8 Å². The molecule has 0 saturated carbocycles. The Bertz CT molecular complexity index is 1030. The molecule has 9 heteroatoms. The van der Waals surface area contributed by atoms with Gasteiger partial charge in [0, 0.05) is 45.5 Å². The molecule has 3 aromatic rings. The molecule has 2 amide bonds. The Morgan fingerprint density at radius 2 is 2.14 bits per heavy atom. The van der Waals surface area contributed by atoms with Crippen molar-refractivity contribution < 1.29 is 14.3 Å². The highest BCUT2D eigenvalue weighted by Gasteiger charge is 2.27. The van der Waals surface area contributed by atoms with E-state index in [9.17, 15) is 9.59 Å². The monoisotopic (exact) mass is 382 g/mol. The largest absolute Gasteiger partial charge is 0.413 e. The summed E-state index contributed by atoms with van der Waals surface area (Å²) in [4.78, 5) is 30.9. The Hall–Kier alpha value is -3.36. The summed E-state index contributed by atoms with van der Waals surface area (Å²) in [6.07, 6.45) is 6.26. The van der Waals surface area contributed by atoms with Crippen molar-refractivity contribution in [3.05, 3.63) is 47.5 Å². The van der Waals surface area contributed by atoms with Gasteiger partial charge in [-0.1, -0.05) is 6.07 Å². The number of carbonyl (C=O) groups excluding carboxylic acids is 2. The zero-order valence-electron chi connectivity index (χ0n) is 15.9. The number of pyridine rings is 1. The maximum Gasteiger partial charge on any atom is 0.413 e. The van der Waals surface area contributed by atoms with E-state index in [1.165, 1.54) is 10.9 Å². The molecular formula is C19H22N6O3. The maximum atomic E-state index is 12.4. The average Bonchev–Trinajstić information content (AvgIpc) is 3.18. The summed E-state index contributed by atoms with van der Waals surface area (Å²) in [6.45, 7) is 3.82. The number of ether oxygens (including phenoxy) is 1. The standard InChI is InChI=1S/C19H22N6O3/c1-13-5-3-8-25-12-14(22-16(13)25)6-7-20-19(27)28-18-15(11-21-23(18)2)17(26)24-9-4-10-24/h3,5,8,11-12H,4,6-7,9-10H2,1-2H3,(H,20,27). The van der Waals surface area contributed by atoms with Crippen molar-refractivity contribution in [2.24, 2.45) is 7.05 Å². The third kappa shape index (κ3) is 3.42. The van der Waals surface area contributed by atoms with E-state index in [0.29, 0.717) is 18.5 Å². The first kappa shape index (κ1) is 18.0. The summed E-state index contributed by atoms with van der Waals surface area (Å²) in [7, 11) is 1.63. The zero-order chi connectivity index (χ0) is 19.7. The minimum atomic E-state index is -0.624. The van der Waals surface area contributed by atoms with Crippen molar-refractivity contribution in [2.75, 3.05) is 19.6 Å². The predicted octanol–water partition coefficient (Wildman–Crippen LogP) is 1.55. The summed E-state index contributed by atoms with van der Waals surface area (Å²) in [6, 6.07) is 3.98. The Labute approximate surface area is 161 Å². The smallest absolute Gasteiger partial charge is 0.391 e. The summed E-state index contributed by atoms with van der Waals surface area (Å²) < 4.78 is 8.70. The highest BCUT2D eigenvalue weighted by atomic mass is 16.6. The van der Waals surface area contributed by atoms with Crippen LogP contribution in [0.3, 0.4) is 0 Å². The molecule has 1 saturated heterocycles. The normalized spacial score (nSPS) is 13.4. The van der Waals surface area contributed by atoms with Gasteiger partial charge in [-0.3, -0.25) is 4.79 Å². The number of rotatable bonds is 5. The van der Waals surface area contributed by atoms with Crippen LogP contribution in [0.5, 0.6) is 5.88 Å². The van der Waals surface area contributed by atoms with E-state index >= 15 is 0 Å². The third-order valence-corrected chi connectivity index (χ3v) is 4.83. The zero-order valence-corrected chi connectivity index (χ0v) is 15.9. The van der Waals surface area contributed by atoms with Gasteiger partial charge in [-0.15, -0.1) is 0 Å². The minimum absolute atomic E-state index is 0.151. The van der Waals surface area contributed by atoms with E-state index in [1.54, 1.807) is 11.9 Å². The summed E-state index contributed by atoms with van der Waals surface area (Å²) in [5.74, 6) is -0.0139. The van der Waals surface area contributed by atoms with Crippen molar-refractivity contribution in [2.45, 2.75) is 19.8 Å². The molecule has 4 heterocycles. The first-order valence-electron chi connectivity index (χ1n) is 9.23. The second-order valence-corrected chi connectivity index (χ2v) is 6.85. The Morgan fingerprint density at radius 1 is 1.32 bits per heavy atom. The van der Waals surface area contributed by atoms with Gasteiger partial charge in [0.25, 0.3) is 5.91 Å². The molecule has 0 aromatic carbocycles. The number of likely N-dealkylation sites (tertiary alicyclic amines) is 1. The number of nitrogens with one attached hydrogen (secondary N) is 1. The van der Waals surface area contributed by atoms with Gasteiger partial charge < -0.3 is 19.4 Å². The molecule has 9 nitrogen and oxygen atoms in total. The highest BCUT2D eigenvalue weighted by molar-refractivity contribution is 5.97. The van der Waals surface area contributed by atoms with Crippen LogP contribution in [0.15, 0.2) is 30.7 Å². The average molecular weight is 382 g/mol. The lowest BCUT2D eigenvalue weighted by Crippen LogP contribution is -2.42. The number of nitrogens with zero attached hydrogens (tertiary/aromatic N) is 5. The fraction of sp³-hybridized carbons (Fsp3) is 0.368. The quantitative estimate of drug-likeness (QED) is 0.723. The molecule has 1 N–H and O–H groups in total. The predicted molar refractivity (Wildman–Crippen MR) is 101 cm³/mol.